The van der Waals surface area contributed by atoms with Gasteiger partial charge in [0.05, 0.1) is 17.8 Å². The Labute approximate surface area is 163 Å². The molecule has 0 saturated carbocycles. The van der Waals surface area contributed by atoms with Crippen molar-refractivity contribution >= 4 is 34.7 Å². The fraction of sp³-hybridized carbons (Fsp3) is 0.222. The molecule has 0 aliphatic carbocycles. The first kappa shape index (κ1) is 19.1. The van der Waals surface area contributed by atoms with E-state index in [0.717, 1.165) is 9.56 Å². The third kappa shape index (κ3) is 4.72. The van der Waals surface area contributed by atoms with Gasteiger partial charge in [-0.15, -0.1) is 16.4 Å². The van der Waals surface area contributed by atoms with Crippen molar-refractivity contribution in [2.24, 2.45) is 0 Å². The number of thiophene rings is 1. The largest absolute Gasteiger partial charge is 0.454 e. The van der Waals surface area contributed by atoms with E-state index in [-0.39, 0.29) is 24.6 Å². The number of esters is 1. The van der Waals surface area contributed by atoms with E-state index in [9.17, 15) is 14.4 Å². The second-order valence-electron chi connectivity index (χ2n) is 5.63. The first-order valence-electron chi connectivity index (χ1n) is 8.05. The Balaban J connectivity index is 1.56. The number of rotatable bonds is 7. The maximum atomic E-state index is 12.3. The topological polar surface area (TPSA) is 91.4 Å². The van der Waals surface area contributed by atoms with Crippen molar-refractivity contribution in [1.29, 1.82) is 0 Å². The van der Waals surface area contributed by atoms with Crippen LogP contribution in [-0.4, -0.2) is 27.6 Å². The van der Waals surface area contributed by atoms with E-state index in [1.165, 1.54) is 18.3 Å². The standard InChI is InChI=1S/C18H15ClN2O5S/c1-11(16(23)12-4-6-13(19)7-5-12)25-15(22)8-9-21-18(24)26-17(20-21)14-3-2-10-27-14/h2-7,10-11H,8-9H2,1H3. The van der Waals surface area contributed by atoms with Crippen molar-refractivity contribution in [2.75, 3.05) is 0 Å². The van der Waals surface area contributed by atoms with Crippen LogP contribution in [0.3, 0.4) is 0 Å². The number of benzene rings is 1. The summed E-state index contributed by atoms with van der Waals surface area (Å²) in [5.41, 5.74) is 0.396. The number of nitrogens with zero attached hydrogens (tertiary/aromatic N) is 2. The van der Waals surface area contributed by atoms with Crippen molar-refractivity contribution in [3.05, 3.63) is 62.9 Å². The predicted octanol–water partition coefficient (Wildman–Crippen LogP) is 3.42. The summed E-state index contributed by atoms with van der Waals surface area (Å²) in [6.45, 7) is 1.49. The molecule has 2 aromatic heterocycles. The van der Waals surface area contributed by atoms with E-state index < -0.39 is 17.8 Å². The lowest BCUT2D eigenvalue weighted by Crippen LogP contribution is -2.26. The third-order valence-corrected chi connectivity index (χ3v) is 4.78. The minimum atomic E-state index is -0.950. The molecule has 7 nitrogen and oxygen atoms in total. The number of Topliss-reactive ketones (excluding diaryl/α,β-unsaturated/α-hetero) is 1. The van der Waals surface area contributed by atoms with E-state index in [1.54, 1.807) is 30.3 Å². The summed E-state index contributed by atoms with van der Waals surface area (Å²) in [6.07, 6.45) is -1.07. The summed E-state index contributed by atoms with van der Waals surface area (Å²) in [5.74, 6) is -1.40. The lowest BCUT2D eigenvalue weighted by Gasteiger charge is -2.12. The molecule has 3 aromatic rings. The second kappa shape index (κ2) is 8.32. The van der Waals surface area contributed by atoms with Crippen LogP contribution in [0.4, 0.5) is 0 Å². The highest BCUT2D eigenvalue weighted by atomic mass is 35.5. The molecule has 0 N–H and O–H groups in total. The van der Waals surface area contributed by atoms with Crippen molar-refractivity contribution in [3.8, 4) is 10.8 Å². The Morgan fingerprint density at radius 3 is 2.70 bits per heavy atom. The molecule has 0 fully saturated rings. The lowest BCUT2D eigenvalue weighted by molar-refractivity contribution is -0.146. The summed E-state index contributed by atoms with van der Waals surface area (Å²) in [7, 11) is 0. The fourth-order valence-corrected chi connectivity index (χ4v) is 3.07. The van der Waals surface area contributed by atoms with E-state index in [4.69, 9.17) is 20.8 Å². The Bertz CT molecular complexity index is 992. The highest BCUT2D eigenvalue weighted by molar-refractivity contribution is 7.13. The average Bonchev–Trinajstić information content (AvgIpc) is 3.29. The zero-order valence-electron chi connectivity index (χ0n) is 14.3. The van der Waals surface area contributed by atoms with Crippen molar-refractivity contribution in [2.45, 2.75) is 26.0 Å². The fourth-order valence-electron chi connectivity index (χ4n) is 2.30. The summed E-state index contributed by atoms with van der Waals surface area (Å²) < 4.78 is 11.3. The number of carbonyl (C=O) groups is 2. The highest BCUT2D eigenvalue weighted by Crippen LogP contribution is 2.21. The van der Waals surface area contributed by atoms with Crippen LogP contribution in [0.25, 0.3) is 10.8 Å². The van der Waals surface area contributed by atoms with E-state index in [1.807, 2.05) is 11.4 Å². The van der Waals surface area contributed by atoms with Crippen LogP contribution in [0.5, 0.6) is 0 Å². The maximum Gasteiger partial charge on any atom is 0.437 e. The summed E-state index contributed by atoms with van der Waals surface area (Å²) in [4.78, 5) is 36.8. The number of halogens is 1. The van der Waals surface area contributed by atoms with E-state index in [2.05, 4.69) is 5.10 Å². The number of hydrogen-bond donors (Lipinski definition) is 0. The first-order valence-corrected chi connectivity index (χ1v) is 9.31. The Hall–Kier alpha value is -2.71. The minimum absolute atomic E-state index is 0.00556. The van der Waals surface area contributed by atoms with Crippen LogP contribution >= 0.6 is 22.9 Å². The molecule has 0 aliphatic rings. The monoisotopic (exact) mass is 406 g/mol. The average molecular weight is 407 g/mol. The molecule has 0 radical (unpaired) electrons. The zero-order valence-corrected chi connectivity index (χ0v) is 15.8. The molecule has 140 valence electrons. The number of hydrogen-bond acceptors (Lipinski definition) is 7. The van der Waals surface area contributed by atoms with Crippen molar-refractivity contribution in [1.82, 2.24) is 9.78 Å². The molecular formula is C18H15ClN2O5S. The van der Waals surface area contributed by atoms with Gasteiger partial charge in [-0.25, -0.2) is 4.79 Å². The molecule has 0 amide bonds. The zero-order chi connectivity index (χ0) is 19.4. The van der Waals surface area contributed by atoms with Gasteiger partial charge < -0.3 is 9.15 Å². The molecule has 9 heteroatoms. The van der Waals surface area contributed by atoms with Crippen LogP contribution in [0, 0.1) is 0 Å². The van der Waals surface area contributed by atoms with Crippen LogP contribution in [-0.2, 0) is 16.1 Å². The van der Waals surface area contributed by atoms with E-state index >= 15 is 0 Å². The second-order valence-corrected chi connectivity index (χ2v) is 7.01. The normalized spacial score (nSPS) is 11.9. The Kier molecular flexibility index (Phi) is 5.88. The molecular weight excluding hydrogens is 392 g/mol. The van der Waals surface area contributed by atoms with Gasteiger partial charge in [0.1, 0.15) is 0 Å². The maximum absolute atomic E-state index is 12.3. The molecule has 1 atom stereocenters. The highest BCUT2D eigenvalue weighted by Gasteiger charge is 2.20. The lowest BCUT2D eigenvalue weighted by atomic mass is 10.1. The van der Waals surface area contributed by atoms with Gasteiger partial charge in [0.25, 0.3) is 5.89 Å². The van der Waals surface area contributed by atoms with Crippen LogP contribution in [0.15, 0.2) is 51.0 Å². The van der Waals surface area contributed by atoms with Gasteiger partial charge >= 0.3 is 11.7 Å². The number of aryl methyl sites for hydroxylation is 1. The van der Waals surface area contributed by atoms with Gasteiger partial charge in [-0.3, -0.25) is 9.59 Å². The molecule has 0 saturated heterocycles. The molecule has 27 heavy (non-hydrogen) atoms. The van der Waals surface area contributed by atoms with Crippen LogP contribution < -0.4 is 5.76 Å². The summed E-state index contributed by atoms with van der Waals surface area (Å²) in [5, 5.41) is 6.40. The third-order valence-electron chi connectivity index (χ3n) is 3.67. The molecule has 0 spiro atoms. The molecule has 0 bridgehead atoms. The minimum Gasteiger partial charge on any atom is -0.454 e. The van der Waals surface area contributed by atoms with Gasteiger partial charge in [-0.05, 0) is 42.6 Å². The molecule has 1 aromatic carbocycles. The molecule has 0 aliphatic heterocycles. The number of ether oxygens (including phenoxy) is 1. The summed E-state index contributed by atoms with van der Waals surface area (Å²) in [6, 6.07) is 9.90. The van der Waals surface area contributed by atoms with Gasteiger partial charge in [-0.2, -0.15) is 4.68 Å². The summed E-state index contributed by atoms with van der Waals surface area (Å²) >= 11 is 7.18. The van der Waals surface area contributed by atoms with Gasteiger partial charge in [0.2, 0.25) is 5.78 Å². The van der Waals surface area contributed by atoms with Crippen molar-refractivity contribution in [3.63, 3.8) is 0 Å². The van der Waals surface area contributed by atoms with E-state index in [0.29, 0.717) is 10.6 Å². The Morgan fingerprint density at radius 2 is 2.04 bits per heavy atom. The first-order chi connectivity index (χ1) is 12.9. The number of ketones is 1. The van der Waals surface area contributed by atoms with Gasteiger partial charge in [0.15, 0.2) is 6.10 Å². The SMILES string of the molecule is CC(OC(=O)CCn1nc(-c2cccs2)oc1=O)C(=O)c1ccc(Cl)cc1. The predicted molar refractivity (Wildman–Crippen MR) is 100 cm³/mol. The van der Waals surface area contributed by atoms with Gasteiger partial charge in [0, 0.05) is 10.6 Å². The number of aromatic nitrogens is 2. The molecule has 2 heterocycles. The molecule has 3 rings (SSSR count). The smallest absolute Gasteiger partial charge is 0.437 e. The van der Waals surface area contributed by atoms with Crippen molar-refractivity contribution < 1.29 is 18.7 Å². The van der Waals surface area contributed by atoms with Crippen LogP contribution in [0.2, 0.25) is 5.02 Å². The molecule has 1 unspecified atom stereocenters. The number of carbonyl (C=O) groups excluding carboxylic acids is 2. The van der Waals surface area contributed by atoms with Crippen LogP contribution in [0.1, 0.15) is 23.7 Å². The quantitative estimate of drug-likeness (QED) is 0.441. The van der Waals surface area contributed by atoms with Gasteiger partial charge in [-0.1, -0.05) is 17.7 Å². The Morgan fingerprint density at radius 1 is 1.30 bits per heavy atom.